The van der Waals surface area contributed by atoms with Crippen molar-refractivity contribution in [3.63, 3.8) is 0 Å². The van der Waals surface area contributed by atoms with E-state index < -0.39 is 0 Å². The van der Waals surface area contributed by atoms with E-state index in [9.17, 15) is 5.11 Å². The van der Waals surface area contributed by atoms with Gasteiger partial charge in [-0.3, -0.25) is 0 Å². The van der Waals surface area contributed by atoms with Crippen LogP contribution in [-0.4, -0.2) is 24.9 Å². The molecule has 132 valence electrons. The summed E-state index contributed by atoms with van der Waals surface area (Å²) in [6, 6.07) is 12.5. The Kier molecular flexibility index (Phi) is 4.18. The minimum Gasteiger partial charge on any atom is -0.497 e. The molecule has 1 aliphatic carbocycles. The lowest BCUT2D eigenvalue weighted by Crippen LogP contribution is -2.43. The normalized spacial score (nSPS) is 23.9. The SMILES string of the molecule is COc1cc(CNC2(CO)CCc3ccccc32)c2c(c1)CC(C)O2. The Labute approximate surface area is 148 Å². The Morgan fingerprint density at radius 3 is 2.92 bits per heavy atom. The van der Waals surface area contributed by atoms with Gasteiger partial charge in [-0.2, -0.15) is 0 Å². The number of benzene rings is 2. The van der Waals surface area contributed by atoms with Crippen molar-refractivity contribution in [2.75, 3.05) is 13.7 Å². The van der Waals surface area contributed by atoms with E-state index in [0.717, 1.165) is 36.3 Å². The van der Waals surface area contributed by atoms with E-state index in [4.69, 9.17) is 9.47 Å². The molecule has 0 saturated carbocycles. The maximum Gasteiger partial charge on any atom is 0.127 e. The van der Waals surface area contributed by atoms with Crippen molar-refractivity contribution in [1.29, 1.82) is 0 Å². The van der Waals surface area contributed by atoms with E-state index in [-0.39, 0.29) is 18.2 Å². The second-order valence-electron chi connectivity index (χ2n) is 7.16. The molecule has 2 aromatic carbocycles. The van der Waals surface area contributed by atoms with Gasteiger partial charge in [0.1, 0.15) is 17.6 Å². The Balaban J connectivity index is 1.63. The van der Waals surface area contributed by atoms with E-state index >= 15 is 0 Å². The molecule has 0 fully saturated rings. The highest BCUT2D eigenvalue weighted by atomic mass is 16.5. The topological polar surface area (TPSA) is 50.7 Å². The van der Waals surface area contributed by atoms with Crippen molar-refractivity contribution in [2.24, 2.45) is 0 Å². The molecule has 25 heavy (non-hydrogen) atoms. The fourth-order valence-electron chi connectivity index (χ4n) is 4.18. The van der Waals surface area contributed by atoms with Crippen LogP contribution in [0.3, 0.4) is 0 Å². The van der Waals surface area contributed by atoms with Crippen LogP contribution in [0.2, 0.25) is 0 Å². The fourth-order valence-corrected chi connectivity index (χ4v) is 4.18. The first-order chi connectivity index (χ1) is 12.1. The van der Waals surface area contributed by atoms with Crippen LogP contribution in [0.25, 0.3) is 0 Å². The standard InChI is InChI=1S/C21H25NO3/c1-14-9-16-10-18(24-2)11-17(20(16)25-14)12-22-21(13-23)8-7-15-5-3-4-6-19(15)21/h3-6,10-11,14,22-23H,7-9,12-13H2,1-2H3. The molecule has 0 bridgehead atoms. The van der Waals surface area contributed by atoms with Crippen LogP contribution >= 0.6 is 0 Å². The predicted octanol–water partition coefficient (Wildman–Crippen LogP) is 2.94. The maximum absolute atomic E-state index is 10.2. The number of aliphatic hydroxyl groups is 1. The minimum atomic E-state index is -0.378. The monoisotopic (exact) mass is 339 g/mol. The number of fused-ring (bicyclic) bond motifs is 2. The average molecular weight is 339 g/mol. The molecule has 1 heterocycles. The lowest BCUT2D eigenvalue weighted by molar-refractivity contribution is 0.158. The van der Waals surface area contributed by atoms with Gasteiger partial charge < -0.3 is 19.9 Å². The summed E-state index contributed by atoms with van der Waals surface area (Å²) in [5.74, 6) is 1.83. The van der Waals surface area contributed by atoms with Crippen LogP contribution in [0.4, 0.5) is 0 Å². The van der Waals surface area contributed by atoms with Crippen LogP contribution in [0.1, 0.15) is 35.6 Å². The van der Waals surface area contributed by atoms with Crippen molar-refractivity contribution in [1.82, 2.24) is 5.32 Å². The molecular formula is C21H25NO3. The zero-order valence-corrected chi connectivity index (χ0v) is 14.8. The van der Waals surface area contributed by atoms with E-state index in [0.29, 0.717) is 6.54 Å². The van der Waals surface area contributed by atoms with Crippen molar-refractivity contribution in [3.05, 3.63) is 58.7 Å². The van der Waals surface area contributed by atoms with Crippen LogP contribution in [0, 0.1) is 0 Å². The third-order valence-corrected chi connectivity index (χ3v) is 5.52. The summed E-state index contributed by atoms with van der Waals surface area (Å²) in [4.78, 5) is 0. The number of methoxy groups -OCH3 is 1. The molecule has 0 radical (unpaired) electrons. The first kappa shape index (κ1) is 16.4. The van der Waals surface area contributed by atoms with E-state index in [1.165, 1.54) is 16.7 Å². The smallest absolute Gasteiger partial charge is 0.127 e. The van der Waals surface area contributed by atoms with Crippen LogP contribution in [0.5, 0.6) is 11.5 Å². The molecule has 2 aliphatic rings. The number of nitrogens with one attached hydrogen (secondary N) is 1. The zero-order valence-electron chi connectivity index (χ0n) is 14.8. The van der Waals surface area contributed by atoms with Crippen molar-refractivity contribution in [2.45, 2.75) is 44.4 Å². The molecule has 0 aromatic heterocycles. The maximum atomic E-state index is 10.2. The van der Waals surface area contributed by atoms with Gasteiger partial charge in [0.05, 0.1) is 19.3 Å². The summed E-state index contributed by atoms with van der Waals surface area (Å²) in [6.45, 7) is 2.82. The summed E-state index contributed by atoms with van der Waals surface area (Å²) >= 11 is 0. The number of aryl methyl sites for hydroxylation is 1. The summed E-state index contributed by atoms with van der Waals surface area (Å²) in [5.41, 5.74) is 4.46. The molecule has 0 amide bonds. The second kappa shape index (κ2) is 6.36. The highest BCUT2D eigenvalue weighted by molar-refractivity contribution is 5.50. The Bertz CT molecular complexity index is 789. The third-order valence-electron chi connectivity index (χ3n) is 5.52. The van der Waals surface area contributed by atoms with Gasteiger partial charge in [-0.1, -0.05) is 24.3 Å². The van der Waals surface area contributed by atoms with Crippen LogP contribution < -0.4 is 14.8 Å². The van der Waals surface area contributed by atoms with Crippen molar-refractivity contribution in [3.8, 4) is 11.5 Å². The van der Waals surface area contributed by atoms with E-state index in [2.05, 4.69) is 36.5 Å². The van der Waals surface area contributed by atoms with Gasteiger partial charge in [0.15, 0.2) is 0 Å². The van der Waals surface area contributed by atoms with Gasteiger partial charge in [0.25, 0.3) is 0 Å². The summed E-state index contributed by atoms with van der Waals surface area (Å²) in [6.07, 6.45) is 3.01. The first-order valence-corrected chi connectivity index (χ1v) is 8.96. The van der Waals surface area contributed by atoms with Gasteiger partial charge >= 0.3 is 0 Å². The predicted molar refractivity (Wildman–Crippen MR) is 97.2 cm³/mol. The summed E-state index contributed by atoms with van der Waals surface area (Å²) in [5, 5.41) is 13.8. The third kappa shape index (κ3) is 2.79. The number of aliphatic hydroxyl groups excluding tert-OH is 1. The van der Waals surface area contributed by atoms with Gasteiger partial charge in [-0.05, 0) is 43.0 Å². The molecule has 2 N–H and O–H groups in total. The molecule has 0 spiro atoms. The molecule has 4 heteroatoms. The lowest BCUT2D eigenvalue weighted by Gasteiger charge is -2.30. The van der Waals surface area contributed by atoms with Gasteiger partial charge in [0.2, 0.25) is 0 Å². The van der Waals surface area contributed by atoms with Crippen molar-refractivity contribution < 1.29 is 14.6 Å². The van der Waals surface area contributed by atoms with E-state index in [1.54, 1.807) is 7.11 Å². The highest BCUT2D eigenvalue weighted by Crippen LogP contribution is 2.39. The van der Waals surface area contributed by atoms with Gasteiger partial charge in [0, 0.05) is 24.1 Å². The largest absolute Gasteiger partial charge is 0.497 e. The fraction of sp³-hybridized carbons (Fsp3) is 0.429. The second-order valence-corrected chi connectivity index (χ2v) is 7.16. The molecule has 4 rings (SSSR count). The Morgan fingerprint density at radius 2 is 2.12 bits per heavy atom. The quantitative estimate of drug-likeness (QED) is 0.879. The summed E-state index contributed by atoms with van der Waals surface area (Å²) in [7, 11) is 1.70. The minimum absolute atomic E-state index is 0.0907. The van der Waals surface area contributed by atoms with E-state index in [1.807, 2.05) is 12.1 Å². The number of rotatable bonds is 5. The molecule has 2 aromatic rings. The lowest BCUT2D eigenvalue weighted by atomic mass is 9.92. The van der Waals surface area contributed by atoms with Crippen molar-refractivity contribution >= 4 is 0 Å². The first-order valence-electron chi connectivity index (χ1n) is 8.96. The Hall–Kier alpha value is -2.04. The molecule has 2 unspecified atom stereocenters. The highest BCUT2D eigenvalue weighted by Gasteiger charge is 2.38. The molecule has 0 saturated heterocycles. The summed E-state index contributed by atoms with van der Waals surface area (Å²) < 4.78 is 11.5. The number of ether oxygens (including phenoxy) is 2. The molecular weight excluding hydrogens is 314 g/mol. The molecule has 2 atom stereocenters. The number of hydrogen-bond acceptors (Lipinski definition) is 4. The zero-order chi connectivity index (χ0) is 17.4. The Morgan fingerprint density at radius 1 is 1.28 bits per heavy atom. The van der Waals surface area contributed by atoms with Crippen LogP contribution in [-0.2, 0) is 24.9 Å². The molecule has 4 nitrogen and oxygen atoms in total. The number of hydrogen-bond donors (Lipinski definition) is 2. The average Bonchev–Trinajstić information content (AvgIpc) is 3.20. The van der Waals surface area contributed by atoms with Gasteiger partial charge in [-0.25, -0.2) is 0 Å². The van der Waals surface area contributed by atoms with Gasteiger partial charge in [-0.15, -0.1) is 0 Å². The molecule has 1 aliphatic heterocycles. The van der Waals surface area contributed by atoms with Crippen LogP contribution in [0.15, 0.2) is 36.4 Å².